The average Bonchev–Trinajstić information content (AvgIpc) is 1.70. The van der Waals surface area contributed by atoms with Crippen molar-refractivity contribution in [2.24, 2.45) is 0 Å². The lowest BCUT2D eigenvalue weighted by Gasteiger charge is -2.39. The van der Waals surface area contributed by atoms with Gasteiger partial charge in [-0.25, -0.2) is 0 Å². The first-order valence-corrected chi connectivity index (χ1v) is 28.3. The number of aromatic nitrogens is 2. The molecule has 15 aromatic rings. The molecule has 0 fully saturated rings. The lowest BCUT2D eigenvalue weighted by molar-refractivity contribution is 0.748. The molecule has 0 N–H and O–H groups in total. The lowest BCUT2D eigenvalue weighted by atomic mass is 9.65. The van der Waals surface area contributed by atoms with Gasteiger partial charge in [-0.15, -0.1) is 0 Å². The third-order valence-corrected chi connectivity index (χ3v) is 19.1. The Morgan fingerprint density at radius 2 is 0.691 bits per heavy atom. The fourth-order valence-corrected chi connectivity index (χ4v) is 16.3. The Morgan fingerprint density at radius 1 is 0.259 bits per heavy atom. The highest BCUT2D eigenvalue weighted by molar-refractivity contribution is 6.16. The molecule has 81 heavy (non-hydrogen) atoms. The predicted octanol–water partition coefficient (Wildman–Crippen LogP) is 19.5. The maximum Gasteiger partial charge on any atom is 0.0755 e. The van der Waals surface area contributed by atoms with Crippen molar-refractivity contribution >= 4 is 71.4 Å². The van der Waals surface area contributed by atoms with Crippen molar-refractivity contribution in [2.45, 2.75) is 10.8 Å². The molecule has 0 saturated heterocycles. The second-order valence-electron chi connectivity index (χ2n) is 22.5. The summed E-state index contributed by atoms with van der Waals surface area (Å²) in [5.74, 6) is 0. The molecule has 2 aromatic heterocycles. The molecule has 0 amide bonds. The maximum absolute atomic E-state index is 2.63. The van der Waals surface area contributed by atoms with Crippen molar-refractivity contribution in [3.63, 3.8) is 0 Å². The Morgan fingerprint density at radius 3 is 1.33 bits per heavy atom. The predicted molar refractivity (Wildman–Crippen MR) is 334 cm³/mol. The highest BCUT2D eigenvalue weighted by Crippen LogP contribution is 2.67. The van der Waals surface area contributed by atoms with Crippen molar-refractivity contribution in [1.82, 2.24) is 9.13 Å². The van der Waals surface area contributed by atoms with Crippen LogP contribution in [0, 0.1) is 0 Å². The van der Waals surface area contributed by atoms with Crippen molar-refractivity contribution in [2.75, 3.05) is 4.90 Å². The van der Waals surface area contributed by atoms with Crippen molar-refractivity contribution in [3.8, 4) is 44.8 Å². The van der Waals surface area contributed by atoms with Gasteiger partial charge in [0, 0.05) is 43.9 Å². The number of hydrogen-bond acceptors (Lipinski definition) is 1. The molecular formula is C78H47N3. The molecule has 19 rings (SSSR count). The van der Waals surface area contributed by atoms with Crippen LogP contribution in [0.3, 0.4) is 0 Å². The SMILES string of the molecule is c1ccc2c(c1)-c1ccccc1C21c2ccccc2-c2c1cc(N(c1ccc(-n3c4ccccc4c4ccccc43)cc1)c1cccc3c1-c1ccccc1C31c3ccccc3-n3c4ccccc4c4cccc1c43)c1ccccc21. The van der Waals surface area contributed by atoms with E-state index in [2.05, 4.69) is 299 Å². The number of hydrogen-bond donors (Lipinski definition) is 0. The van der Waals surface area contributed by atoms with Crippen molar-refractivity contribution in [3.05, 3.63) is 330 Å². The van der Waals surface area contributed by atoms with Gasteiger partial charge in [0.15, 0.2) is 0 Å². The van der Waals surface area contributed by atoms with Crippen LogP contribution < -0.4 is 4.90 Å². The molecule has 3 aliphatic carbocycles. The molecule has 1 aliphatic heterocycles. The third-order valence-electron chi connectivity index (χ3n) is 19.1. The van der Waals surface area contributed by atoms with Gasteiger partial charge in [-0.05, 0) is 138 Å². The zero-order valence-electron chi connectivity index (χ0n) is 44.0. The lowest BCUT2D eigenvalue weighted by Crippen LogP contribution is -2.33. The molecule has 3 heterocycles. The van der Waals surface area contributed by atoms with E-state index in [0.717, 1.165) is 22.7 Å². The normalized spacial score (nSPS) is 15.3. The van der Waals surface area contributed by atoms with E-state index >= 15 is 0 Å². The highest BCUT2D eigenvalue weighted by Gasteiger charge is 2.54. The summed E-state index contributed by atoms with van der Waals surface area (Å²) in [6, 6.07) is 108. The summed E-state index contributed by atoms with van der Waals surface area (Å²) in [6.45, 7) is 0. The summed E-state index contributed by atoms with van der Waals surface area (Å²) >= 11 is 0. The second kappa shape index (κ2) is 15.6. The highest BCUT2D eigenvalue weighted by atomic mass is 15.2. The van der Waals surface area contributed by atoms with Crippen LogP contribution in [0.4, 0.5) is 17.1 Å². The second-order valence-corrected chi connectivity index (χ2v) is 22.5. The van der Waals surface area contributed by atoms with Crippen LogP contribution in [-0.4, -0.2) is 9.13 Å². The summed E-state index contributed by atoms with van der Waals surface area (Å²) in [4.78, 5) is 2.63. The van der Waals surface area contributed by atoms with E-state index in [9.17, 15) is 0 Å². The van der Waals surface area contributed by atoms with Crippen LogP contribution >= 0.6 is 0 Å². The van der Waals surface area contributed by atoms with Gasteiger partial charge in [0.05, 0.1) is 50.0 Å². The monoisotopic (exact) mass is 1030 g/mol. The minimum Gasteiger partial charge on any atom is -0.309 e. The molecule has 0 saturated carbocycles. The molecule has 3 nitrogen and oxygen atoms in total. The first kappa shape index (κ1) is 43.5. The van der Waals surface area contributed by atoms with Gasteiger partial charge in [0.1, 0.15) is 0 Å². The molecule has 3 heteroatoms. The van der Waals surface area contributed by atoms with E-state index in [1.54, 1.807) is 0 Å². The summed E-state index contributed by atoms with van der Waals surface area (Å²) in [5.41, 5.74) is 27.6. The molecular weight excluding hydrogens is 979 g/mol. The van der Waals surface area contributed by atoms with Crippen molar-refractivity contribution < 1.29 is 0 Å². The van der Waals surface area contributed by atoms with Crippen LogP contribution in [0.15, 0.2) is 285 Å². The van der Waals surface area contributed by atoms with E-state index in [0.29, 0.717) is 0 Å². The third kappa shape index (κ3) is 5.22. The minimum atomic E-state index is -0.628. The molecule has 1 atom stereocenters. The standard InChI is InChI=1S/C78H47N3/c1-2-27-56-54(25-1)73(47-67-74(56)58-28-5-12-33-62(58)77(67)60-31-10-3-21-50(60)51-22-4-11-32-61(51)77)80(49-45-43-48(44-46-49)79-68-38-15-7-23-52(68)53-24-8-16-39-69(53)79)72-42-20-36-65-75(72)59-29-6-13-34-63(59)78(65)64-35-14-18-41-71(64)81-70-40-17-9-26-55(70)57-30-19-37-66(78)76(57)81/h1-47H. The molecule has 2 spiro atoms. The zero-order valence-corrected chi connectivity index (χ0v) is 44.0. The first-order chi connectivity index (χ1) is 40.2. The Hall–Kier alpha value is -10.5. The largest absolute Gasteiger partial charge is 0.309 e. The number of nitrogens with zero attached hydrogens (tertiary/aromatic N) is 3. The van der Waals surface area contributed by atoms with Gasteiger partial charge in [0.25, 0.3) is 0 Å². The van der Waals surface area contributed by atoms with Gasteiger partial charge >= 0.3 is 0 Å². The molecule has 0 radical (unpaired) electrons. The first-order valence-electron chi connectivity index (χ1n) is 28.3. The average molecular weight is 1030 g/mol. The van der Waals surface area contributed by atoms with Crippen molar-refractivity contribution in [1.29, 1.82) is 0 Å². The Kier molecular flexibility index (Phi) is 8.39. The number of fused-ring (bicyclic) bond motifs is 27. The van der Waals surface area contributed by atoms with Crippen LogP contribution in [0.2, 0.25) is 0 Å². The minimum absolute atomic E-state index is 0.553. The summed E-state index contributed by atoms with van der Waals surface area (Å²) in [5, 5.41) is 7.49. The molecule has 1 unspecified atom stereocenters. The Labute approximate surface area is 468 Å². The number of para-hydroxylation sites is 5. The van der Waals surface area contributed by atoms with E-state index in [1.807, 2.05) is 0 Å². The van der Waals surface area contributed by atoms with Gasteiger partial charge in [0.2, 0.25) is 0 Å². The summed E-state index contributed by atoms with van der Waals surface area (Å²) in [7, 11) is 0. The molecule has 0 bridgehead atoms. The van der Waals surface area contributed by atoms with Crippen LogP contribution in [-0.2, 0) is 10.8 Å². The number of anilines is 3. The number of benzene rings is 13. The Bertz CT molecular complexity index is 5160. The van der Waals surface area contributed by atoms with Crippen LogP contribution in [0.25, 0.3) is 99.1 Å². The van der Waals surface area contributed by atoms with E-state index in [1.165, 1.54) is 138 Å². The zero-order chi connectivity index (χ0) is 52.7. The molecule has 374 valence electrons. The quantitative estimate of drug-likeness (QED) is 0.171. The summed E-state index contributed by atoms with van der Waals surface area (Å²) < 4.78 is 4.97. The molecule has 13 aromatic carbocycles. The molecule has 4 aliphatic rings. The number of rotatable bonds is 4. The van der Waals surface area contributed by atoms with E-state index in [-0.39, 0.29) is 0 Å². The summed E-state index contributed by atoms with van der Waals surface area (Å²) in [6.07, 6.45) is 0. The van der Waals surface area contributed by atoms with Gasteiger partial charge < -0.3 is 14.0 Å². The fourth-order valence-electron chi connectivity index (χ4n) is 16.3. The topological polar surface area (TPSA) is 13.1 Å². The smallest absolute Gasteiger partial charge is 0.0755 e. The fraction of sp³-hybridized carbons (Fsp3) is 0.0256. The van der Waals surface area contributed by atoms with Gasteiger partial charge in [-0.1, -0.05) is 224 Å². The van der Waals surface area contributed by atoms with Crippen LogP contribution in [0.1, 0.15) is 44.5 Å². The Balaban J connectivity index is 0.938. The van der Waals surface area contributed by atoms with E-state index < -0.39 is 10.8 Å². The van der Waals surface area contributed by atoms with Gasteiger partial charge in [-0.2, -0.15) is 0 Å². The van der Waals surface area contributed by atoms with E-state index in [4.69, 9.17) is 0 Å². The van der Waals surface area contributed by atoms with Gasteiger partial charge in [-0.3, -0.25) is 0 Å². The van der Waals surface area contributed by atoms with Crippen LogP contribution in [0.5, 0.6) is 0 Å². The maximum atomic E-state index is 2.63.